The first-order chi connectivity index (χ1) is 3.26. The second-order valence-corrected chi connectivity index (χ2v) is 4.89. The van der Waals surface area contributed by atoms with E-state index >= 15 is 0 Å². The van der Waals surface area contributed by atoms with Gasteiger partial charge in [-0.1, -0.05) is 0 Å². The Morgan fingerprint density at radius 1 is 1.57 bits per heavy atom. The van der Waals surface area contributed by atoms with Gasteiger partial charge in [-0.3, -0.25) is 0 Å². The fourth-order valence-corrected chi connectivity index (χ4v) is 3.36. The molecule has 0 N–H and O–H groups in total. The van der Waals surface area contributed by atoms with Crippen LogP contribution in [0.5, 0.6) is 0 Å². The summed E-state index contributed by atoms with van der Waals surface area (Å²) in [6.07, 6.45) is 0. The summed E-state index contributed by atoms with van der Waals surface area (Å²) in [5.74, 6) is 1.54. The van der Waals surface area contributed by atoms with Crippen LogP contribution in [0, 0.1) is 0 Å². The molecule has 1 spiro atoms. The minimum Gasteiger partial charge on any atom is -0.625 e. The molecule has 2 rings (SSSR count). The van der Waals surface area contributed by atoms with Crippen molar-refractivity contribution in [2.45, 2.75) is 5.02 Å². The third-order valence-electron chi connectivity index (χ3n) is 1.03. The lowest BCUT2D eigenvalue weighted by molar-refractivity contribution is -0.156. The summed E-state index contributed by atoms with van der Waals surface area (Å²) in [6.45, 7) is 0. The van der Waals surface area contributed by atoms with Gasteiger partial charge in [0.15, 0.2) is 7.77 Å². The minimum atomic E-state index is -1.41. The molecule has 0 bridgehead atoms. The molecular weight excluding hydrogens is 132 g/mol. The Morgan fingerprint density at radius 3 is 2.00 bits per heavy atom. The zero-order chi connectivity index (χ0) is 5.07. The van der Waals surface area contributed by atoms with Crippen LogP contribution in [-0.4, -0.2) is 10.8 Å². The molecule has 0 saturated carbocycles. The van der Waals surface area contributed by atoms with E-state index in [2.05, 4.69) is 4.74 Å². The van der Waals surface area contributed by atoms with Gasteiger partial charge in [-0.25, -0.2) is 0 Å². The fraction of sp³-hybridized carbons (Fsp3) is 0.500. The van der Waals surface area contributed by atoms with E-state index in [0.717, 1.165) is 0 Å². The van der Waals surface area contributed by atoms with E-state index in [1.165, 1.54) is 0 Å². The Bertz CT molecular complexity index is 174. The molecule has 5 heteroatoms. The summed E-state index contributed by atoms with van der Waals surface area (Å²) in [5, 5.41) is -0.565. The van der Waals surface area contributed by atoms with E-state index in [1.807, 2.05) is 0 Å². The second kappa shape index (κ2) is 0.828. The van der Waals surface area contributed by atoms with Gasteiger partial charge in [0.2, 0.25) is 5.80 Å². The molecule has 0 aliphatic carbocycles. The average molecular weight is 133 g/mol. The lowest BCUT2D eigenvalue weighted by atomic mass is 10.8. The van der Waals surface area contributed by atoms with Crippen LogP contribution in [0.1, 0.15) is 0 Å². The van der Waals surface area contributed by atoms with Crippen molar-refractivity contribution in [3.8, 4) is 0 Å². The van der Waals surface area contributed by atoms with Gasteiger partial charge in [0.05, 0.1) is 0 Å². The lowest BCUT2D eigenvalue weighted by Gasteiger charge is -1.70. The van der Waals surface area contributed by atoms with E-state index in [4.69, 9.17) is 0 Å². The quantitative estimate of drug-likeness (QED) is 0.405. The molecule has 0 aromatic rings. The summed E-state index contributed by atoms with van der Waals surface area (Å²) in [5.41, 5.74) is 0. The summed E-state index contributed by atoms with van der Waals surface area (Å²) in [4.78, 5) is 20.5. The van der Waals surface area contributed by atoms with E-state index in [-0.39, 0.29) is 0 Å². The maximum Gasteiger partial charge on any atom is 0.464 e. The molecule has 2 heterocycles. The largest absolute Gasteiger partial charge is 0.625 e. The molecule has 0 fully saturated rings. The van der Waals surface area contributed by atoms with Gasteiger partial charge in [-0.05, 0) is 0 Å². The molecule has 3 nitrogen and oxygen atoms in total. The zero-order valence-corrected chi connectivity index (χ0v) is 5.02. The van der Waals surface area contributed by atoms with Crippen LogP contribution in [0.15, 0.2) is 4.74 Å². The summed E-state index contributed by atoms with van der Waals surface area (Å²) >= 11 is 0. The SMILES string of the molecule is [O-][P+]1=CC12N=[P+]2[O-]. The molecule has 3 atom stereocenters. The van der Waals surface area contributed by atoms with Crippen molar-refractivity contribution in [1.82, 2.24) is 0 Å². The molecule has 2 aliphatic heterocycles. The van der Waals surface area contributed by atoms with Crippen molar-refractivity contribution in [2.75, 3.05) is 0 Å². The first-order valence-corrected chi connectivity index (χ1v) is 4.32. The molecule has 0 amide bonds. The molecule has 0 saturated heterocycles. The van der Waals surface area contributed by atoms with Gasteiger partial charge in [0.25, 0.3) is 7.94 Å². The highest BCUT2D eigenvalue weighted by molar-refractivity contribution is 7.82. The van der Waals surface area contributed by atoms with Crippen LogP contribution < -0.4 is 9.79 Å². The molecule has 2 aliphatic rings. The Balaban J connectivity index is 2.21. The monoisotopic (exact) mass is 133 g/mol. The first kappa shape index (κ1) is 4.11. The predicted molar refractivity (Wildman–Crippen MR) is 25.1 cm³/mol. The van der Waals surface area contributed by atoms with Crippen molar-refractivity contribution in [3.05, 3.63) is 0 Å². The Morgan fingerprint density at radius 2 is 2.00 bits per heavy atom. The van der Waals surface area contributed by atoms with Crippen LogP contribution in [0.3, 0.4) is 0 Å². The van der Waals surface area contributed by atoms with E-state index in [9.17, 15) is 9.79 Å². The Hall–Kier alpha value is 0.190. The number of nitrogens with zero attached hydrogens (tertiary/aromatic N) is 1. The Labute approximate surface area is 42.0 Å². The molecule has 0 radical (unpaired) electrons. The van der Waals surface area contributed by atoms with Gasteiger partial charge in [-0.15, -0.1) is 0 Å². The van der Waals surface area contributed by atoms with Crippen LogP contribution in [-0.2, 0) is 0 Å². The molecule has 0 aromatic carbocycles. The zero-order valence-electron chi connectivity index (χ0n) is 3.24. The van der Waals surface area contributed by atoms with Crippen molar-refractivity contribution in [1.29, 1.82) is 0 Å². The van der Waals surface area contributed by atoms with E-state index in [0.29, 0.717) is 0 Å². The van der Waals surface area contributed by atoms with Crippen LogP contribution in [0.4, 0.5) is 0 Å². The van der Waals surface area contributed by atoms with Gasteiger partial charge in [0.1, 0.15) is 0 Å². The third kappa shape index (κ3) is 0.328. The van der Waals surface area contributed by atoms with Crippen molar-refractivity contribution in [3.63, 3.8) is 0 Å². The van der Waals surface area contributed by atoms with Crippen LogP contribution in [0.2, 0.25) is 0 Å². The van der Waals surface area contributed by atoms with Crippen molar-refractivity contribution in [2.24, 2.45) is 4.74 Å². The normalized spacial score (nSPS) is 53.4. The third-order valence-corrected chi connectivity index (χ3v) is 4.80. The molecule has 3 unspecified atom stereocenters. The smallest absolute Gasteiger partial charge is 0.464 e. The molecule has 0 aromatic heterocycles. The van der Waals surface area contributed by atoms with Gasteiger partial charge in [-0.2, -0.15) is 0 Å². The highest BCUT2D eigenvalue weighted by Gasteiger charge is 2.77. The van der Waals surface area contributed by atoms with Gasteiger partial charge in [0, 0.05) is 4.74 Å². The van der Waals surface area contributed by atoms with E-state index in [1.54, 1.807) is 5.80 Å². The topological polar surface area (TPSA) is 58.5 Å². The molecule has 36 valence electrons. The standard InChI is InChI=1S/C2HNO2P2/c4-6-1-2(6)3-7(2)5/h1H. The van der Waals surface area contributed by atoms with Crippen LogP contribution in [0.25, 0.3) is 0 Å². The predicted octanol–water partition coefficient (Wildman–Crippen LogP) is -0.832. The number of rotatable bonds is 0. The molecule has 7 heavy (non-hydrogen) atoms. The second-order valence-electron chi connectivity index (χ2n) is 1.52. The Kier molecular flexibility index (Phi) is 0.486. The van der Waals surface area contributed by atoms with Crippen LogP contribution >= 0.6 is 15.7 Å². The summed E-state index contributed by atoms with van der Waals surface area (Å²) < 4.78 is 3.55. The van der Waals surface area contributed by atoms with Crippen molar-refractivity contribution < 1.29 is 9.79 Å². The maximum absolute atomic E-state index is 10.3. The average Bonchev–Trinajstić information content (AvgIpc) is 2.28. The van der Waals surface area contributed by atoms with E-state index < -0.39 is 20.7 Å². The highest BCUT2D eigenvalue weighted by atomic mass is 31.2. The summed E-state index contributed by atoms with van der Waals surface area (Å²) in [7, 11) is -2.67. The van der Waals surface area contributed by atoms with Gasteiger partial charge < -0.3 is 9.79 Å². The molecular formula is C2HNO2P2. The first-order valence-electron chi connectivity index (χ1n) is 1.78. The minimum absolute atomic E-state index is 0.565. The number of hydrogen-bond acceptors (Lipinski definition) is 3. The highest BCUT2D eigenvalue weighted by Crippen LogP contribution is 2.73. The fourth-order valence-electron chi connectivity index (χ4n) is 0.443. The number of hydrogen-bond donors (Lipinski definition) is 0. The maximum atomic E-state index is 10.3. The summed E-state index contributed by atoms with van der Waals surface area (Å²) in [6, 6.07) is 0. The van der Waals surface area contributed by atoms with Crippen molar-refractivity contribution >= 4 is 21.5 Å². The van der Waals surface area contributed by atoms with Gasteiger partial charge >= 0.3 is 5.02 Å². The lowest BCUT2D eigenvalue weighted by Crippen LogP contribution is -1.93.